The molecule has 0 atom stereocenters. The number of hydrogen-bond donors (Lipinski definition) is 0. The van der Waals surface area contributed by atoms with E-state index < -0.39 is 4.25 Å². The minimum atomic E-state index is -2.25. The third kappa shape index (κ3) is 2.09. The van der Waals surface area contributed by atoms with Crippen LogP contribution >= 0.6 is 26.3 Å². The molecular weight excluding hydrogens is 362 g/mol. The van der Waals surface area contributed by atoms with Crippen molar-refractivity contribution in [3.8, 4) is 0 Å². The second-order valence-electron chi connectivity index (χ2n) is 5.11. The number of rotatable bonds is 1. The number of halogens is 1. The summed E-state index contributed by atoms with van der Waals surface area (Å²) in [6, 6.07) is 19.7. The predicted octanol–water partition coefficient (Wildman–Crippen LogP) is 4.71. The molecule has 0 spiro atoms. The molecule has 0 saturated carbocycles. The van der Waals surface area contributed by atoms with E-state index in [0.29, 0.717) is 0 Å². The van der Waals surface area contributed by atoms with Crippen LogP contribution in [0.1, 0.15) is 5.56 Å². The number of hydrogen-bond acceptors (Lipinski definition) is 0. The third-order valence-electron chi connectivity index (χ3n) is 3.75. The second kappa shape index (κ2) is 4.57. The summed E-state index contributed by atoms with van der Waals surface area (Å²) in [7, 11) is 0. The molecule has 19 heavy (non-hydrogen) atoms. The van der Waals surface area contributed by atoms with Crippen LogP contribution in [-0.2, 0) is 0 Å². The Morgan fingerprint density at radius 1 is 0.842 bits per heavy atom. The molecule has 0 saturated heterocycles. The van der Waals surface area contributed by atoms with Crippen molar-refractivity contribution in [1.29, 1.82) is 0 Å². The van der Waals surface area contributed by atoms with Gasteiger partial charge in [0.15, 0.2) is 0 Å². The Bertz CT molecular complexity index is 669. The van der Waals surface area contributed by atoms with Crippen molar-refractivity contribution in [1.82, 2.24) is 0 Å². The van der Waals surface area contributed by atoms with Crippen molar-refractivity contribution < 1.29 is 0 Å². The Hall–Kier alpha value is -0.920. The summed E-state index contributed by atoms with van der Waals surface area (Å²) < 4.78 is -2.25. The summed E-state index contributed by atoms with van der Waals surface area (Å²) in [5.41, 5.74) is 1.34. The summed E-state index contributed by atoms with van der Waals surface area (Å²) in [6.45, 7) is 2.42. The van der Waals surface area contributed by atoms with Gasteiger partial charge in [-0.1, -0.05) is 0 Å². The van der Waals surface area contributed by atoms with Crippen LogP contribution < -0.4 is 10.6 Å². The maximum atomic E-state index is 2.71. The molecule has 2 aromatic rings. The Balaban J connectivity index is 2.36. The van der Waals surface area contributed by atoms with Crippen molar-refractivity contribution in [3.63, 3.8) is 0 Å². The third-order valence-corrected chi connectivity index (χ3v) is 12.0. The molecule has 0 N–H and O–H groups in total. The summed E-state index contributed by atoms with van der Waals surface area (Å²) in [5, 5.41) is 2.90. The molecule has 0 nitrogen and oxygen atoms in total. The average molecular weight is 378 g/mol. The molecule has 1 heterocycles. The number of benzene rings is 2. The molecule has 0 aromatic heterocycles. The molecule has 1 aliphatic heterocycles. The van der Waals surface area contributed by atoms with Gasteiger partial charge < -0.3 is 0 Å². The molecule has 0 bridgehead atoms. The van der Waals surface area contributed by atoms with Crippen LogP contribution in [-0.4, -0.2) is 6.66 Å². The summed E-state index contributed by atoms with van der Waals surface area (Å²) in [6.07, 6.45) is 6.57. The topological polar surface area (TPSA) is 0 Å². The first-order chi connectivity index (χ1) is 9.10. The molecule has 0 amide bonds. The molecule has 96 valence electrons. The van der Waals surface area contributed by atoms with Gasteiger partial charge in [-0.15, -0.1) is 0 Å². The van der Waals surface area contributed by atoms with Gasteiger partial charge in [-0.25, -0.2) is 0 Å². The van der Waals surface area contributed by atoms with Gasteiger partial charge in [0.05, 0.1) is 0 Å². The van der Waals surface area contributed by atoms with Gasteiger partial charge in [0.1, 0.15) is 0 Å². The van der Waals surface area contributed by atoms with Crippen molar-refractivity contribution in [2.45, 2.75) is 0 Å². The molecule has 0 unspecified atom stereocenters. The van der Waals surface area contributed by atoms with E-state index in [2.05, 4.69) is 107 Å². The van der Waals surface area contributed by atoms with E-state index in [-0.39, 0.29) is 0 Å². The fraction of sp³-hybridized carbons (Fsp3) is 0.0588. The molecule has 2 aromatic carbocycles. The Morgan fingerprint density at radius 3 is 2.32 bits per heavy atom. The Labute approximate surface area is 127 Å². The first-order valence-corrected chi connectivity index (χ1v) is 11.9. The monoisotopic (exact) mass is 378 g/mol. The quantitative estimate of drug-likeness (QED) is 0.498. The van der Waals surface area contributed by atoms with Gasteiger partial charge in [0.2, 0.25) is 0 Å². The van der Waals surface area contributed by atoms with Gasteiger partial charge in [0.25, 0.3) is 0 Å². The molecule has 0 radical (unpaired) electrons. The first-order valence-electron chi connectivity index (χ1n) is 6.35. The van der Waals surface area contributed by atoms with Gasteiger partial charge in [-0.05, 0) is 0 Å². The van der Waals surface area contributed by atoms with E-state index in [1.165, 1.54) is 16.2 Å². The minimum absolute atomic E-state index is 1.34. The van der Waals surface area contributed by atoms with E-state index >= 15 is 0 Å². The normalized spacial score (nSPS) is 20.8. The Kier molecular flexibility index (Phi) is 3.15. The standard InChI is InChI=1S/C17H16IP/c1-19(18,16-11-3-2-4-12-16)14-8-7-10-15-9-5-6-13-17(15)19/h2-14H,1H3. The van der Waals surface area contributed by atoms with E-state index in [4.69, 9.17) is 0 Å². The van der Waals surface area contributed by atoms with Crippen LogP contribution in [0.15, 0.2) is 72.6 Å². The van der Waals surface area contributed by atoms with Gasteiger partial charge >= 0.3 is 128 Å². The fourth-order valence-corrected chi connectivity index (χ4v) is 8.74. The zero-order chi connectivity index (χ0) is 13.4. The molecule has 0 fully saturated rings. The summed E-state index contributed by atoms with van der Waals surface area (Å²) >= 11 is 2.71. The van der Waals surface area contributed by atoms with Crippen molar-refractivity contribution in [3.05, 3.63) is 78.1 Å². The summed E-state index contributed by atoms with van der Waals surface area (Å²) in [4.78, 5) is 0. The zero-order valence-corrected chi connectivity index (χ0v) is 13.9. The molecular formula is C17H16IP. The fourth-order valence-electron chi connectivity index (χ4n) is 2.64. The van der Waals surface area contributed by atoms with Crippen molar-refractivity contribution in [2.24, 2.45) is 0 Å². The zero-order valence-electron chi connectivity index (χ0n) is 10.8. The van der Waals surface area contributed by atoms with Crippen molar-refractivity contribution in [2.75, 3.05) is 6.66 Å². The van der Waals surface area contributed by atoms with Crippen molar-refractivity contribution >= 4 is 43.0 Å². The van der Waals surface area contributed by atoms with E-state index in [0.717, 1.165) is 0 Å². The van der Waals surface area contributed by atoms with E-state index in [9.17, 15) is 0 Å². The van der Waals surface area contributed by atoms with Crippen LogP contribution in [0.5, 0.6) is 0 Å². The van der Waals surface area contributed by atoms with Crippen LogP contribution in [0.2, 0.25) is 0 Å². The van der Waals surface area contributed by atoms with Gasteiger partial charge in [-0.3, -0.25) is 0 Å². The first kappa shape index (κ1) is 13.1. The molecule has 3 rings (SSSR count). The van der Waals surface area contributed by atoms with Crippen LogP contribution in [0, 0.1) is 0 Å². The SMILES string of the molecule is CP1(I)(c2ccccc2)C=CC=Cc2ccccc21. The second-order valence-corrected chi connectivity index (χ2v) is 16.9. The molecule has 1 aliphatic rings. The predicted molar refractivity (Wildman–Crippen MR) is 97.2 cm³/mol. The maximum absolute atomic E-state index is 2.71. The van der Waals surface area contributed by atoms with Gasteiger partial charge in [-0.2, -0.15) is 0 Å². The van der Waals surface area contributed by atoms with Gasteiger partial charge in [0, 0.05) is 0 Å². The van der Waals surface area contributed by atoms with E-state index in [1.807, 2.05) is 0 Å². The van der Waals surface area contributed by atoms with E-state index in [1.54, 1.807) is 0 Å². The number of fused-ring (bicyclic) bond motifs is 1. The molecule has 0 aliphatic carbocycles. The number of allylic oxidation sites excluding steroid dienone is 2. The average Bonchev–Trinajstić information content (AvgIpc) is 2.59. The van der Waals surface area contributed by atoms with Crippen LogP contribution in [0.25, 0.3) is 6.08 Å². The van der Waals surface area contributed by atoms with Crippen LogP contribution in [0.4, 0.5) is 0 Å². The summed E-state index contributed by atoms with van der Waals surface area (Å²) in [5.74, 6) is 2.42. The molecule has 2 heteroatoms. The Morgan fingerprint density at radius 2 is 1.53 bits per heavy atom. The van der Waals surface area contributed by atoms with Crippen LogP contribution in [0.3, 0.4) is 0 Å².